The van der Waals surface area contributed by atoms with Crippen molar-refractivity contribution in [3.05, 3.63) is 0 Å². The van der Waals surface area contributed by atoms with Crippen LogP contribution in [0.4, 0.5) is 0 Å². The van der Waals surface area contributed by atoms with Gasteiger partial charge in [-0.05, 0) is 51.9 Å². The summed E-state index contributed by atoms with van der Waals surface area (Å²) in [5.41, 5.74) is -1.56. The molecule has 2 saturated carbocycles. The fourth-order valence-electron chi connectivity index (χ4n) is 4.27. The van der Waals surface area contributed by atoms with Crippen molar-refractivity contribution in [1.82, 2.24) is 10.0 Å². The normalized spacial score (nSPS) is 30.4. The molecule has 2 aliphatic carbocycles. The number of fused-ring (bicyclic) bond motifs is 2. The van der Waals surface area contributed by atoms with Crippen LogP contribution in [0.5, 0.6) is 0 Å². The predicted molar refractivity (Wildman–Crippen MR) is 92.8 cm³/mol. The van der Waals surface area contributed by atoms with E-state index in [1.807, 2.05) is 34.6 Å². The van der Waals surface area contributed by atoms with Crippen molar-refractivity contribution in [3.63, 3.8) is 0 Å². The van der Waals surface area contributed by atoms with Crippen molar-refractivity contribution >= 4 is 21.7 Å². The van der Waals surface area contributed by atoms with Gasteiger partial charge >= 0.3 is 0 Å². The smallest absolute Gasteiger partial charge is 0.238 e. The molecule has 7 heteroatoms. The van der Waals surface area contributed by atoms with E-state index in [0.717, 1.165) is 6.42 Å². The Bertz CT molecular complexity index is 648. The molecule has 0 heterocycles. The number of hydrogen-bond donors (Lipinski definition) is 2. The van der Waals surface area contributed by atoms with Crippen molar-refractivity contribution in [2.75, 3.05) is 5.75 Å². The van der Waals surface area contributed by atoms with Gasteiger partial charge in [-0.15, -0.1) is 0 Å². The standard InChI is InChI=1S/C17H30N2O4S/c1-11(14(21)18-15(2,3)4)19-24(22,23)10-17-8-7-12(9-13(17)20)16(17,5)6/h11-12,19H,7-10H2,1-6H3,(H,18,21)/t11-,12-,17-/m0/s1. The maximum atomic E-state index is 12.6. The van der Waals surface area contributed by atoms with Crippen LogP contribution in [0.15, 0.2) is 0 Å². The topological polar surface area (TPSA) is 92.3 Å². The summed E-state index contributed by atoms with van der Waals surface area (Å²) in [6, 6.07) is -0.873. The van der Waals surface area contributed by atoms with E-state index >= 15 is 0 Å². The maximum absolute atomic E-state index is 12.6. The predicted octanol–water partition coefficient (Wildman–Crippen LogP) is 1.60. The Hall–Kier alpha value is -0.950. The van der Waals surface area contributed by atoms with E-state index in [1.165, 1.54) is 6.92 Å². The van der Waals surface area contributed by atoms with E-state index in [1.54, 1.807) is 0 Å². The third-order valence-corrected chi connectivity index (χ3v) is 7.41. The SMILES string of the molecule is C[C@H](NS(=O)(=O)C[C@@]12CC[C@@H](CC1=O)C2(C)C)C(=O)NC(C)(C)C. The minimum Gasteiger partial charge on any atom is -0.350 e. The molecule has 0 radical (unpaired) electrons. The molecule has 0 spiro atoms. The molecule has 2 fully saturated rings. The number of rotatable bonds is 5. The Balaban J connectivity index is 2.12. The monoisotopic (exact) mass is 358 g/mol. The highest BCUT2D eigenvalue weighted by Gasteiger charge is 2.65. The zero-order valence-electron chi connectivity index (χ0n) is 15.5. The molecule has 1 amide bonds. The molecule has 2 N–H and O–H groups in total. The lowest BCUT2D eigenvalue weighted by Gasteiger charge is -2.36. The molecule has 138 valence electrons. The van der Waals surface area contributed by atoms with Crippen LogP contribution in [0.2, 0.25) is 0 Å². The van der Waals surface area contributed by atoms with Crippen LogP contribution in [0.25, 0.3) is 0 Å². The number of ketones is 1. The van der Waals surface area contributed by atoms with Crippen molar-refractivity contribution in [2.45, 2.75) is 72.4 Å². The first kappa shape index (κ1) is 19.4. The second kappa shape index (κ2) is 5.80. The summed E-state index contributed by atoms with van der Waals surface area (Å²) in [5.74, 6) is -0.275. The number of nitrogens with one attached hydrogen (secondary N) is 2. The van der Waals surface area contributed by atoms with Crippen molar-refractivity contribution in [1.29, 1.82) is 0 Å². The van der Waals surface area contributed by atoms with Crippen LogP contribution in [0, 0.1) is 16.7 Å². The fraction of sp³-hybridized carbons (Fsp3) is 0.882. The molecule has 3 atom stereocenters. The molecule has 0 aromatic heterocycles. The Kier molecular flexibility index (Phi) is 4.68. The second-order valence-corrected chi connectivity index (χ2v) is 10.8. The van der Waals surface area contributed by atoms with Gasteiger partial charge in [-0.3, -0.25) is 9.59 Å². The summed E-state index contributed by atoms with van der Waals surface area (Å²) in [7, 11) is -3.74. The Morgan fingerprint density at radius 3 is 2.33 bits per heavy atom. The van der Waals surface area contributed by atoms with Crippen LogP contribution in [-0.2, 0) is 19.6 Å². The third kappa shape index (κ3) is 3.38. The van der Waals surface area contributed by atoms with Crippen LogP contribution < -0.4 is 10.0 Å². The molecular formula is C17H30N2O4S. The lowest BCUT2D eigenvalue weighted by molar-refractivity contribution is -0.128. The third-order valence-electron chi connectivity index (χ3n) is 5.82. The number of sulfonamides is 1. The van der Waals surface area contributed by atoms with E-state index in [4.69, 9.17) is 0 Å². The Morgan fingerprint density at radius 1 is 1.33 bits per heavy atom. The average molecular weight is 359 g/mol. The van der Waals surface area contributed by atoms with Crippen LogP contribution in [0.1, 0.15) is 60.8 Å². The highest BCUT2D eigenvalue weighted by molar-refractivity contribution is 7.89. The van der Waals surface area contributed by atoms with E-state index in [2.05, 4.69) is 10.0 Å². The molecule has 6 nitrogen and oxygen atoms in total. The summed E-state index contributed by atoms with van der Waals surface area (Å²) in [5, 5.41) is 2.76. The number of amides is 1. The van der Waals surface area contributed by atoms with Crippen LogP contribution in [-0.4, -0.2) is 37.4 Å². The van der Waals surface area contributed by atoms with Crippen LogP contribution in [0.3, 0.4) is 0 Å². The van der Waals surface area contributed by atoms with Gasteiger partial charge in [-0.25, -0.2) is 13.1 Å². The van der Waals surface area contributed by atoms with E-state index in [0.29, 0.717) is 12.8 Å². The highest BCUT2D eigenvalue weighted by atomic mass is 32.2. The van der Waals surface area contributed by atoms with Gasteiger partial charge in [0.1, 0.15) is 5.78 Å². The molecule has 0 unspecified atom stereocenters. The van der Waals surface area contributed by atoms with Gasteiger partial charge in [-0.2, -0.15) is 0 Å². The molecule has 0 aromatic rings. The van der Waals surface area contributed by atoms with E-state index in [9.17, 15) is 18.0 Å². The van der Waals surface area contributed by atoms with Crippen molar-refractivity contribution < 1.29 is 18.0 Å². The minimum atomic E-state index is -3.74. The van der Waals surface area contributed by atoms with Gasteiger partial charge < -0.3 is 5.32 Å². The van der Waals surface area contributed by atoms with E-state index < -0.39 is 27.0 Å². The molecule has 2 rings (SSSR count). The second-order valence-electron chi connectivity index (χ2n) is 9.00. The number of Topliss-reactive ketones (excluding diaryl/α,β-unsaturated/α-hetero) is 1. The molecule has 0 aromatic carbocycles. The highest BCUT2D eigenvalue weighted by Crippen LogP contribution is 2.64. The summed E-state index contributed by atoms with van der Waals surface area (Å²) < 4.78 is 27.7. The summed E-state index contributed by atoms with van der Waals surface area (Å²) in [6.07, 6.45) is 1.99. The fourth-order valence-corrected chi connectivity index (χ4v) is 6.33. The van der Waals surface area contributed by atoms with E-state index in [-0.39, 0.29) is 28.8 Å². The van der Waals surface area contributed by atoms with Gasteiger partial charge in [0.15, 0.2) is 0 Å². The zero-order chi connectivity index (χ0) is 18.6. The summed E-state index contributed by atoms with van der Waals surface area (Å²) >= 11 is 0. The largest absolute Gasteiger partial charge is 0.350 e. The van der Waals surface area contributed by atoms with Gasteiger partial charge in [0, 0.05) is 17.4 Å². The first-order chi connectivity index (χ1) is 10.7. The van der Waals surface area contributed by atoms with Gasteiger partial charge in [-0.1, -0.05) is 13.8 Å². The lowest BCUT2D eigenvalue weighted by atomic mass is 9.70. The Labute approximate surface area is 145 Å². The molecule has 2 aliphatic rings. The summed E-state index contributed by atoms with van der Waals surface area (Å²) in [4.78, 5) is 24.6. The van der Waals surface area contributed by atoms with Gasteiger partial charge in [0.2, 0.25) is 15.9 Å². The molecular weight excluding hydrogens is 328 g/mol. The molecule has 0 aliphatic heterocycles. The Morgan fingerprint density at radius 2 is 1.92 bits per heavy atom. The quantitative estimate of drug-likeness (QED) is 0.781. The van der Waals surface area contributed by atoms with Crippen molar-refractivity contribution in [2.24, 2.45) is 16.7 Å². The van der Waals surface area contributed by atoms with Crippen molar-refractivity contribution in [3.8, 4) is 0 Å². The maximum Gasteiger partial charge on any atom is 0.238 e. The number of carbonyl (C=O) groups is 2. The first-order valence-corrected chi connectivity index (χ1v) is 10.2. The summed E-state index contributed by atoms with van der Waals surface area (Å²) in [6.45, 7) is 11.0. The minimum absolute atomic E-state index is 0.0564. The van der Waals surface area contributed by atoms with Gasteiger partial charge in [0.05, 0.1) is 11.8 Å². The average Bonchev–Trinajstić information content (AvgIpc) is 2.69. The first-order valence-electron chi connectivity index (χ1n) is 8.55. The number of hydrogen-bond acceptors (Lipinski definition) is 4. The molecule has 0 saturated heterocycles. The zero-order valence-corrected chi connectivity index (χ0v) is 16.3. The molecule has 24 heavy (non-hydrogen) atoms. The lowest BCUT2D eigenvalue weighted by Crippen LogP contribution is -2.53. The molecule has 2 bridgehead atoms. The number of carbonyl (C=O) groups excluding carboxylic acids is 2. The van der Waals surface area contributed by atoms with Gasteiger partial charge in [0.25, 0.3) is 0 Å². The van der Waals surface area contributed by atoms with Crippen LogP contribution >= 0.6 is 0 Å².